The Hall–Kier alpha value is -2.83. The van der Waals surface area contributed by atoms with Crippen molar-refractivity contribution in [3.63, 3.8) is 0 Å². The summed E-state index contributed by atoms with van der Waals surface area (Å²) in [5, 5.41) is 0. The number of aromatic nitrogens is 1. The van der Waals surface area contributed by atoms with E-state index >= 15 is 0 Å². The third-order valence-corrected chi connectivity index (χ3v) is 4.21. The number of amides is 2. The molecule has 0 aromatic carbocycles. The molecule has 1 aliphatic heterocycles. The van der Waals surface area contributed by atoms with Crippen molar-refractivity contribution in [2.45, 2.75) is 19.4 Å². The fourth-order valence-corrected chi connectivity index (χ4v) is 2.89. The highest BCUT2D eigenvalue weighted by Crippen LogP contribution is 2.19. The maximum Gasteiger partial charge on any atom is 0.289 e. The minimum absolute atomic E-state index is 0.137. The second-order valence-corrected chi connectivity index (χ2v) is 5.93. The van der Waals surface area contributed by atoms with Gasteiger partial charge >= 0.3 is 0 Å². The van der Waals surface area contributed by atoms with E-state index in [9.17, 15) is 14.4 Å². The summed E-state index contributed by atoms with van der Waals surface area (Å²) in [6.45, 7) is 1.16. The first-order valence-electron chi connectivity index (χ1n) is 7.87. The molecule has 2 N–H and O–H groups in total. The van der Waals surface area contributed by atoms with Crippen LogP contribution in [0.1, 0.15) is 29.2 Å². The lowest BCUT2D eigenvalue weighted by molar-refractivity contribution is -0.123. The van der Waals surface area contributed by atoms with Crippen LogP contribution >= 0.6 is 0 Å². The molecule has 0 saturated carbocycles. The number of rotatable bonds is 4. The summed E-state index contributed by atoms with van der Waals surface area (Å²) in [6.07, 6.45) is 3.11. The van der Waals surface area contributed by atoms with Gasteiger partial charge in [-0.15, -0.1) is 0 Å². The molecule has 24 heavy (non-hydrogen) atoms. The molecule has 0 radical (unpaired) electrons. The molecule has 1 aliphatic rings. The van der Waals surface area contributed by atoms with Gasteiger partial charge in [0.1, 0.15) is 5.76 Å². The molecule has 2 aromatic rings. The van der Waals surface area contributed by atoms with Crippen molar-refractivity contribution in [1.82, 2.24) is 9.47 Å². The fourth-order valence-electron chi connectivity index (χ4n) is 2.89. The molecule has 126 valence electrons. The van der Waals surface area contributed by atoms with E-state index in [1.54, 1.807) is 35.4 Å². The van der Waals surface area contributed by atoms with Gasteiger partial charge in [0.2, 0.25) is 5.91 Å². The standard InChI is InChI=1S/C17H19N3O4/c18-16(22)12-4-3-9-20(10-12)17(23)14-7-6-13(24-14)11-19-8-2-1-5-15(19)21/h1-2,5-8,12H,3-4,9-11H2,(H2,18,22). The Labute approximate surface area is 138 Å². The molecule has 1 atom stereocenters. The van der Waals surface area contributed by atoms with E-state index in [0.29, 0.717) is 25.3 Å². The first-order valence-corrected chi connectivity index (χ1v) is 7.87. The van der Waals surface area contributed by atoms with Crippen LogP contribution in [0.4, 0.5) is 0 Å². The summed E-state index contributed by atoms with van der Waals surface area (Å²) in [7, 11) is 0. The normalized spacial score (nSPS) is 17.7. The Morgan fingerprint density at radius 2 is 2.08 bits per heavy atom. The SMILES string of the molecule is NC(=O)C1CCCN(C(=O)c2ccc(Cn3ccccc3=O)o2)C1. The van der Waals surface area contributed by atoms with Crippen LogP contribution in [0.5, 0.6) is 0 Å². The minimum atomic E-state index is -0.379. The first kappa shape index (κ1) is 16.0. The number of likely N-dealkylation sites (tertiary alicyclic amines) is 1. The maximum atomic E-state index is 12.5. The summed E-state index contributed by atoms with van der Waals surface area (Å²) in [5.41, 5.74) is 5.20. The van der Waals surface area contributed by atoms with E-state index in [2.05, 4.69) is 0 Å². The van der Waals surface area contributed by atoms with Crippen molar-refractivity contribution in [1.29, 1.82) is 0 Å². The highest BCUT2D eigenvalue weighted by Gasteiger charge is 2.28. The lowest BCUT2D eigenvalue weighted by Gasteiger charge is -2.30. The molecule has 2 amide bonds. The topological polar surface area (TPSA) is 98.5 Å². The van der Waals surface area contributed by atoms with Gasteiger partial charge in [-0.3, -0.25) is 14.4 Å². The zero-order valence-corrected chi connectivity index (χ0v) is 13.2. The van der Waals surface area contributed by atoms with Crippen molar-refractivity contribution in [2.24, 2.45) is 11.7 Å². The van der Waals surface area contributed by atoms with Gasteiger partial charge in [-0.05, 0) is 31.0 Å². The number of primary amides is 1. The molecular formula is C17H19N3O4. The summed E-state index contributed by atoms with van der Waals surface area (Å²) < 4.78 is 7.08. The average Bonchev–Trinajstić information content (AvgIpc) is 3.05. The molecule has 2 aromatic heterocycles. The summed E-state index contributed by atoms with van der Waals surface area (Å²) in [6, 6.07) is 8.17. The number of furan rings is 1. The number of nitrogens with two attached hydrogens (primary N) is 1. The molecule has 1 saturated heterocycles. The lowest BCUT2D eigenvalue weighted by atomic mass is 9.97. The van der Waals surface area contributed by atoms with E-state index < -0.39 is 0 Å². The zero-order valence-electron chi connectivity index (χ0n) is 13.2. The molecule has 1 fully saturated rings. The van der Waals surface area contributed by atoms with Crippen LogP contribution in [-0.4, -0.2) is 34.4 Å². The van der Waals surface area contributed by atoms with Crippen molar-refractivity contribution < 1.29 is 14.0 Å². The van der Waals surface area contributed by atoms with E-state index in [-0.39, 0.29) is 35.6 Å². The number of pyridine rings is 1. The molecular weight excluding hydrogens is 310 g/mol. The van der Waals surface area contributed by atoms with Crippen LogP contribution in [0.15, 0.2) is 45.7 Å². The van der Waals surface area contributed by atoms with Gasteiger partial charge < -0.3 is 19.6 Å². The predicted molar refractivity (Wildman–Crippen MR) is 86.3 cm³/mol. The maximum absolute atomic E-state index is 12.5. The quantitative estimate of drug-likeness (QED) is 0.898. The number of nitrogens with zero attached hydrogens (tertiary/aromatic N) is 2. The van der Waals surface area contributed by atoms with Gasteiger partial charge in [0.15, 0.2) is 5.76 Å². The third kappa shape index (κ3) is 3.40. The molecule has 0 aliphatic carbocycles. The second kappa shape index (κ2) is 6.74. The van der Waals surface area contributed by atoms with Crippen molar-refractivity contribution in [3.05, 3.63) is 58.4 Å². The van der Waals surface area contributed by atoms with Crippen LogP contribution < -0.4 is 11.3 Å². The van der Waals surface area contributed by atoms with E-state index in [0.717, 1.165) is 6.42 Å². The molecule has 7 heteroatoms. The summed E-state index contributed by atoms with van der Waals surface area (Å²) in [5.74, 6) is -0.210. The van der Waals surface area contributed by atoms with E-state index in [1.165, 1.54) is 10.6 Å². The third-order valence-electron chi connectivity index (χ3n) is 4.21. The van der Waals surface area contributed by atoms with Crippen LogP contribution in [0.2, 0.25) is 0 Å². The fraction of sp³-hybridized carbons (Fsp3) is 0.353. The number of hydrogen-bond donors (Lipinski definition) is 1. The highest BCUT2D eigenvalue weighted by atomic mass is 16.4. The molecule has 3 heterocycles. The smallest absolute Gasteiger partial charge is 0.289 e. The van der Waals surface area contributed by atoms with E-state index in [1.807, 2.05) is 0 Å². The highest BCUT2D eigenvalue weighted by molar-refractivity contribution is 5.92. The lowest BCUT2D eigenvalue weighted by Crippen LogP contribution is -2.44. The first-order chi connectivity index (χ1) is 11.5. The Bertz CT molecular complexity index is 808. The van der Waals surface area contributed by atoms with Crippen LogP contribution in [0, 0.1) is 5.92 Å². The van der Waals surface area contributed by atoms with Crippen LogP contribution in [-0.2, 0) is 11.3 Å². The predicted octanol–water partition coefficient (Wildman–Crippen LogP) is 0.827. The number of carbonyl (C=O) groups is 2. The van der Waals surface area contributed by atoms with Gasteiger partial charge in [0, 0.05) is 25.4 Å². The largest absolute Gasteiger partial charge is 0.454 e. The Morgan fingerprint density at radius 3 is 2.83 bits per heavy atom. The number of piperidine rings is 1. The second-order valence-electron chi connectivity index (χ2n) is 5.93. The molecule has 3 rings (SSSR count). The van der Waals surface area contributed by atoms with Gasteiger partial charge in [0.25, 0.3) is 11.5 Å². The van der Waals surface area contributed by atoms with Crippen molar-refractivity contribution >= 4 is 11.8 Å². The monoisotopic (exact) mass is 329 g/mol. The average molecular weight is 329 g/mol. The number of hydrogen-bond acceptors (Lipinski definition) is 4. The van der Waals surface area contributed by atoms with Gasteiger partial charge in [-0.1, -0.05) is 6.07 Å². The van der Waals surface area contributed by atoms with Crippen LogP contribution in [0.25, 0.3) is 0 Å². The van der Waals surface area contributed by atoms with Gasteiger partial charge in [-0.2, -0.15) is 0 Å². The summed E-state index contributed by atoms with van der Waals surface area (Å²) in [4.78, 5) is 37.1. The van der Waals surface area contributed by atoms with Gasteiger partial charge in [-0.25, -0.2) is 0 Å². The zero-order chi connectivity index (χ0) is 17.1. The van der Waals surface area contributed by atoms with Crippen molar-refractivity contribution in [3.8, 4) is 0 Å². The van der Waals surface area contributed by atoms with Crippen molar-refractivity contribution in [2.75, 3.05) is 13.1 Å². The van der Waals surface area contributed by atoms with Crippen LogP contribution in [0.3, 0.4) is 0 Å². The Kier molecular flexibility index (Phi) is 4.50. The molecule has 7 nitrogen and oxygen atoms in total. The number of carbonyl (C=O) groups excluding carboxylic acids is 2. The molecule has 0 bridgehead atoms. The van der Waals surface area contributed by atoms with Gasteiger partial charge in [0.05, 0.1) is 12.5 Å². The Balaban J connectivity index is 1.71. The molecule has 1 unspecified atom stereocenters. The minimum Gasteiger partial charge on any atom is -0.454 e. The van der Waals surface area contributed by atoms with E-state index in [4.69, 9.17) is 10.2 Å². The molecule has 0 spiro atoms. The summed E-state index contributed by atoms with van der Waals surface area (Å²) >= 11 is 0. The Morgan fingerprint density at radius 1 is 1.25 bits per heavy atom.